The summed E-state index contributed by atoms with van der Waals surface area (Å²) in [7, 11) is 2.13. The van der Waals surface area contributed by atoms with E-state index in [1.807, 2.05) is 0 Å². The summed E-state index contributed by atoms with van der Waals surface area (Å²) >= 11 is 0. The molecule has 0 amide bonds. The monoisotopic (exact) mass is 140 g/mol. The van der Waals surface area contributed by atoms with Crippen molar-refractivity contribution in [2.45, 2.75) is 32.7 Å². The van der Waals surface area contributed by atoms with Gasteiger partial charge in [0.15, 0.2) is 0 Å². The molecule has 0 aromatic heterocycles. The van der Waals surface area contributed by atoms with Crippen molar-refractivity contribution in [1.82, 2.24) is 4.90 Å². The highest BCUT2D eigenvalue weighted by atomic mass is 15.2. The van der Waals surface area contributed by atoms with E-state index < -0.39 is 0 Å². The summed E-state index contributed by atoms with van der Waals surface area (Å²) in [4.78, 5) is 6.64. The van der Waals surface area contributed by atoms with Crippen molar-refractivity contribution in [2.24, 2.45) is 4.99 Å². The molecular formula is C8H16N2. The molecule has 0 aromatic rings. The number of nitrogens with zero attached hydrogens (tertiary/aromatic N) is 2. The number of hydrogen-bond acceptors (Lipinski definition) is 2. The zero-order valence-electron chi connectivity index (χ0n) is 7.09. The Labute approximate surface area is 62.9 Å². The van der Waals surface area contributed by atoms with E-state index in [1.54, 1.807) is 0 Å². The smallest absolute Gasteiger partial charge is 0.0958 e. The van der Waals surface area contributed by atoms with Crippen LogP contribution in [0.4, 0.5) is 0 Å². The van der Waals surface area contributed by atoms with Crippen molar-refractivity contribution in [1.29, 1.82) is 0 Å². The molecule has 0 radical (unpaired) electrons. The molecule has 58 valence electrons. The minimum atomic E-state index is 0.685. The van der Waals surface area contributed by atoms with Gasteiger partial charge in [0.2, 0.25) is 0 Å². The predicted octanol–water partition coefficient (Wildman–Crippen LogP) is 1.52. The van der Waals surface area contributed by atoms with Crippen LogP contribution in [0.25, 0.3) is 0 Å². The zero-order valence-corrected chi connectivity index (χ0v) is 7.09. The Bertz CT molecular complexity index is 140. The Hall–Kier alpha value is -0.530. The first-order valence-corrected chi connectivity index (χ1v) is 3.99. The van der Waals surface area contributed by atoms with Gasteiger partial charge in [0, 0.05) is 13.1 Å². The lowest BCUT2D eigenvalue weighted by Crippen LogP contribution is -2.31. The van der Waals surface area contributed by atoms with E-state index in [9.17, 15) is 0 Å². The van der Waals surface area contributed by atoms with E-state index >= 15 is 0 Å². The van der Waals surface area contributed by atoms with Crippen LogP contribution in [0.3, 0.4) is 0 Å². The van der Waals surface area contributed by atoms with Gasteiger partial charge in [-0.2, -0.15) is 0 Å². The average Bonchev–Trinajstić information content (AvgIpc) is 2.20. The van der Waals surface area contributed by atoms with Crippen LogP contribution in [0.5, 0.6) is 0 Å². The third kappa shape index (κ3) is 1.31. The highest BCUT2D eigenvalue weighted by Gasteiger charge is 2.19. The molecule has 0 aliphatic carbocycles. The molecule has 2 heteroatoms. The maximum Gasteiger partial charge on any atom is 0.0958 e. The zero-order chi connectivity index (χ0) is 7.56. The third-order valence-electron chi connectivity index (χ3n) is 2.21. The first kappa shape index (κ1) is 7.58. The Balaban J connectivity index is 2.40. The van der Waals surface area contributed by atoms with Gasteiger partial charge in [-0.25, -0.2) is 0 Å². The van der Waals surface area contributed by atoms with Crippen LogP contribution in [0, 0.1) is 0 Å². The quantitative estimate of drug-likeness (QED) is 0.568. The number of likely N-dealkylation sites (N-methyl/N-ethyl adjacent to an activating group) is 1. The molecule has 0 saturated carbocycles. The second-order valence-corrected chi connectivity index (χ2v) is 2.94. The summed E-state index contributed by atoms with van der Waals surface area (Å²) in [5.41, 5.74) is 0. The number of hydrogen-bond donors (Lipinski definition) is 0. The second kappa shape index (κ2) is 3.04. The lowest BCUT2D eigenvalue weighted by atomic mass is 10.1. The Morgan fingerprint density at radius 1 is 1.70 bits per heavy atom. The van der Waals surface area contributed by atoms with Gasteiger partial charge in [-0.1, -0.05) is 13.3 Å². The molecule has 1 aliphatic heterocycles. The number of amidine groups is 1. The minimum Gasteiger partial charge on any atom is -0.359 e. The van der Waals surface area contributed by atoms with Gasteiger partial charge in [-0.05, 0) is 13.3 Å². The molecule has 1 heterocycles. The van der Waals surface area contributed by atoms with Crippen molar-refractivity contribution < 1.29 is 0 Å². The second-order valence-electron chi connectivity index (χ2n) is 2.94. The Morgan fingerprint density at radius 2 is 2.40 bits per heavy atom. The highest BCUT2D eigenvalue weighted by Crippen LogP contribution is 2.12. The highest BCUT2D eigenvalue weighted by molar-refractivity contribution is 5.81. The van der Waals surface area contributed by atoms with Crippen molar-refractivity contribution in [3.8, 4) is 0 Å². The van der Waals surface area contributed by atoms with E-state index in [-0.39, 0.29) is 0 Å². The summed E-state index contributed by atoms with van der Waals surface area (Å²) in [5.74, 6) is 1.19. The molecule has 1 atom stereocenters. The molecule has 0 N–H and O–H groups in total. The summed E-state index contributed by atoms with van der Waals surface area (Å²) in [6.45, 7) is 5.31. The molecule has 10 heavy (non-hydrogen) atoms. The fraction of sp³-hybridized carbons (Fsp3) is 0.875. The van der Waals surface area contributed by atoms with Crippen molar-refractivity contribution in [2.75, 3.05) is 13.6 Å². The van der Waals surface area contributed by atoms with E-state index in [2.05, 4.69) is 30.8 Å². The Kier molecular flexibility index (Phi) is 2.30. The van der Waals surface area contributed by atoms with Crippen LogP contribution in [-0.2, 0) is 0 Å². The van der Waals surface area contributed by atoms with Gasteiger partial charge < -0.3 is 4.90 Å². The lowest BCUT2D eigenvalue weighted by Gasteiger charge is -2.20. The maximum absolute atomic E-state index is 4.36. The van der Waals surface area contributed by atoms with Crippen LogP contribution < -0.4 is 0 Å². The van der Waals surface area contributed by atoms with E-state index in [1.165, 1.54) is 18.7 Å². The topological polar surface area (TPSA) is 15.6 Å². The third-order valence-corrected chi connectivity index (χ3v) is 2.21. The summed E-state index contributed by atoms with van der Waals surface area (Å²) < 4.78 is 0. The Morgan fingerprint density at radius 3 is 2.80 bits per heavy atom. The van der Waals surface area contributed by atoms with Crippen LogP contribution in [0.15, 0.2) is 4.99 Å². The standard InChI is InChI=1S/C8H16N2/c1-4-5-8-6-9-7(2)10(8)3/h8H,4-6H2,1-3H3. The van der Waals surface area contributed by atoms with Gasteiger partial charge in [-0.3, -0.25) is 4.99 Å². The number of rotatable bonds is 2. The normalized spacial score (nSPS) is 25.3. The summed E-state index contributed by atoms with van der Waals surface area (Å²) in [5, 5.41) is 0. The van der Waals surface area contributed by atoms with Crippen LogP contribution in [0.1, 0.15) is 26.7 Å². The summed E-state index contributed by atoms with van der Waals surface area (Å²) in [6, 6.07) is 0.685. The molecule has 1 aliphatic rings. The van der Waals surface area contributed by atoms with Crippen molar-refractivity contribution >= 4 is 5.84 Å². The van der Waals surface area contributed by atoms with Crippen LogP contribution >= 0.6 is 0 Å². The first-order valence-electron chi connectivity index (χ1n) is 3.99. The van der Waals surface area contributed by atoms with Gasteiger partial charge in [0.05, 0.1) is 12.4 Å². The van der Waals surface area contributed by atoms with E-state index in [4.69, 9.17) is 0 Å². The lowest BCUT2D eigenvalue weighted by molar-refractivity contribution is 0.377. The summed E-state index contributed by atoms with van der Waals surface area (Å²) in [6.07, 6.45) is 2.54. The van der Waals surface area contributed by atoms with E-state index in [0.29, 0.717) is 6.04 Å². The van der Waals surface area contributed by atoms with Crippen molar-refractivity contribution in [3.63, 3.8) is 0 Å². The minimum absolute atomic E-state index is 0.685. The first-order chi connectivity index (χ1) is 4.75. The molecule has 2 nitrogen and oxygen atoms in total. The number of aliphatic imine (C=N–C) groups is 1. The van der Waals surface area contributed by atoms with Gasteiger partial charge in [-0.15, -0.1) is 0 Å². The molecule has 0 aromatic carbocycles. The fourth-order valence-electron chi connectivity index (χ4n) is 1.35. The van der Waals surface area contributed by atoms with Gasteiger partial charge in [0.1, 0.15) is 0 Å². The maximum atomic E-state index is 4.36. The van der Waals surface area contributed by atoms with Gasteiger partial charge >= 0.3 is 0 Å². The largest absolute Gasteiger partial charge is 0.359 e. The van der Waals surface area contributed by atoms with Crippen molar-refractivity contribution in [3.05, 3.63) is 0 Å². The van der Waals surface area contributed by atoms with Crippen LogP contribution in [-0.4, -0.2) is 30.4 Å². The van der Waals surface area contributed by atoms with Crippen LogP contribution in [0.2, 0.25) is 0 Å². The molecule has 0 bridgehead atoms. The van der Waals surface area contributed by atoms with Gasteiger partial charge in [0.25, 0.3) is 0 Å². The average molecular weight is 140 g/mol. The predicted molar refractivity (Wildman–Crippen MR) is 44.4 cm³/mol. The molecule has 0 spiro atoms. The fourth-order valence-corrected chi connectivity index (χ4v) is 1.35. The SMILES string of the molecule is CCCC1CN=C(C)N1C. The molecule has 0 fully saturated rings. The van der Waals surface area contributed by atoms with E-state index in [0.717, 1.165) is 6.54 Å². The molecule has 0 saturated heterocycles. The molecule has 1 rings (SSSR count). The molecular weight excluding hydrogens is 124 g/mol. The molecule has 1 unspecified atom stereocenters.